The molecule has 5 heteroatoms. The molecule has 1 amide bonds. The number of carbonyl (C=O) groups excluding carboxylic acids is 1. The summed E-state index contributed by atoms with van der Waals surface area (Å²) in [6, 6.07) is 7.29. The molecule has 1 heterocycles. The highest BCUT2D eigenvalue weighted by Crippen LogP contribution is 2.20. The molecule has 1 aliphatic heterocycles. The first kappa shape index (κ1) is 10.6. The second-order valence-corrected chi connectivity index (χ2v) is 4.01. The molecule has 84 valence electrons. The fourth-order valence-electron chi connectivity index (χ4n) is 1.65. The monoisotopic (exact) mass is 218 g/mol. The van der Waals surface area contributed by atoms with Gasteiger partial charge in [-0.1, -0.05) is 26.0 Å². The summed E-state index contributed by atoms with van der Waals surface area (Å²) in [4.78, 5) is 19.3. The van der Waals surface area contributed by atoms with Gasteiger partial charge in [0.2, 0.25) is 5.79 Å². The Morgan fingerprint density at radius 3 is 2.19 bits per heavy atom. The van der Waals surface area contributed by atoms with Crippen molar-refractivity contribution in [1.82, 2.24) is 5.32 Å². The Morgan fingerprint density at radius 2 is 1.81 bits per heavy atom. The average Bonchev–Trinajstić information content (AvgIpc) is 2.55. The minimum atomic E-state index is -1.37. The molecule has 0 saturated heterocycles. The Kier molecular flexibility index (Phi) is 2.38. The average molecular weight is 218 g/mol. The number of carboxylic acid groups (broad SMARTS) is 1. The first-order chi connectivity index (χ1) is 7.53. The lowest BCUT2D eigenvalue weighted by atomic mass is 10.1. The Balaban J connectivity index is 2.55. The second kappa shape index (κ2) is 3.59. The summed E-state index contributed by atoms with van der Waals surface area (Å²) in [6.45, 7) is 3.71. The van der Waals surface area contributed by atoms with E-state index >= 15 is 0 Å². The number of nitrogens with zero attached hydrogens (tertiary/aromatic N) is 2. The molecule has 0 aromatic heterocycles. The zero-order chi connectivity index (χ0) is 11.8. The predicted molar refractivity (Wildman–Crippen MR) is 54.9 cm³/mol. The predicted octanol–water partition coefficient (Wildman–Crippen LogP) is -0.818. The van der Waals surface area contributed by atoms with Crippen LogP contribution in [0.5, 0.6) is 0 Å². The third-order valence-corrected chi connectivity index (χ3v) is 2.55. The zero-order valence-corrected chi connectivity index (χ0v) is 9.10. The van der Waals surface area contributed by atoms with Gasteiger partial charge in [0.25, 0.3) is 0 Å². The van der Waals surface area contributed by atoms with Crippen LogP contribution in [0.25, 0.3) is 0 Å². The van der Waals surface area contributed by atoms with E-state index in [0.29, 0.717) is 10.7 Å². The van der Waals surface area contributed by atoms with Crippen molar-refractivity contribution in [2.45, 2.75) is 19.6 Å². The number of para-hydroxylation sites is 2. The van der Waals surface area contributed by atoms with Crippen LogP contribution in [0.1, 0.15) is 13.8 Å². The number of fused-ring (bicyclic) bond motifs is 1. The minimum Gasteiger partial charge on any atom is -0.530 e. The summed E-state index contributed by atoms with van der Waals surface area (Å²) in [5, 5.41) is 14.3. The van der Waals surface area contributed by atoms with E-state index in [-0.39, 0.29) is 5.92 Å². The van der Waals surface area contributed by atoms with Crippen molar-refractivity contribution in [3.8, 4) is 0 Å². The van der Waals surface area contributed by atoms with E-state index in [2.05, 4.69) is 15.3 Å². The van der Waals surface area contributed by atoms with Gasteiger partial charge in [-0.2, -0.15) is 0 Å². The number of carbonyl (C=O) groups is 1. The standard InChI is InChI=1S/C11H13N3O2/c1-7(2)11(14-10(15)16)12-8-5-3-4-6-9(8)13-11/h3-7,14H,1-2H3,(H,15,16)/p-1. The molecule has 0 fully saturated rings. The lowest BCUT2D eigenvalue weighted by Crippen LogP contribution is -2.53. The molecule has 1 aromatic carbocycles. The van der Waals surface area contributed by atoms with Gasteiger partial charge >= 0.3 is 0 Å². The molecule has 0 unspecified atom stereocenters. The largest absolute Gasteiger partial charge is 0.530 e. The summed E-state index contributed by atoms with van der Waals surface area (Å²) in [5.41, 5.74) is 0. The number of benzene rings is 1. The van der Waals surface area contributed by atoms with E-state index in [1.165, 1.54) is 0 Å². The van der Waals surface area contributed by atoms with Crippen LogP contribution in [-0.4, -0.2) is 11.9 Å². The summed E-state index contributed by atoms with van der Waals surface area (Å²) in [5.74, 6) is -1.22. The number of hydrogen-bond donors (Lipinski definition) is 1. The van der Waals surface area contributed by atoms with Crippen LogP contribution in [0.2, 0.25) is 0 Å². The van der Waals surface area contributed by atoms with Crippen molar-refractivity contribution in [2.75, 3.05) is 0 Å². The normalized spacial score (nSPS) is 16.2. The molecular weight excluding hydrogens is 206 g/mol. The summed E-state index contributed by atoms with van der Waals surface area (Å²) in [7, 11) is 0. The zero-order valence-electron chi connectivity index (χ0n) is 9.10. The van der Waals surface area contributed by atoms with Gasteiger partial charge in [0.1, 0.15) is 6.09 Å². The first-order valence-electron chi connectivity index (χ1n) is 5.07. The van der Waals surface area contributed by atoms with Crippen molar-refractivity contribution < 1.29 is 9.90 Å². The summed E-state index contributed by atoms with van der Waals surface area (Å²) >= 11 is 0. The Morgan fingerprint density at radius 1 is 1.31 bits per heavy atom. The number of rotatable bonds is 2. The van der Waals surface area contributed by atoms with E-state index in [0.717, 1.165) is 0 Å². The highest BCUT2D eigenvalue weighted by Gasteiger charge is 2.34. The molecule has 1 aliphatic rings. The van der Waals surface area contributed by atoms with Gasteiger partial charge in [0.15, 0.2) is 0 Å². The van der Waals surface area contributed by atoms with Crippen LogP contribution >= 0.6 is 0 Å². The molecule has 2 rings (SSSR count). The van der Waals surface area contributed by atoms with Crippen molar-refractivity contribution in [3.63, 3.8) is 0 Å². The minimum absolute atomic E-state index is 0.0854. The van der Waals surface area contributed by atoms with E-state index < -0.39 is 11.9 Å². The molecule has 0 saturated carbocycles. The fourth-order valence-corrected chi connectivity index (χ4v) is 1.65. The Bertz CT molecular complexity index is 501. The maximum Gasteiger partial charge on any atom is 0.229 e. The fraction of sp³-hybridized carbons (Fsp3) is 0.364. The molecule has 0 bridgehead atoms. The third-order valence-electron chi connectivity index (χ3n) is 2.55. The van der Waals surface area contributed by atoms with Crippen LogP contribution in [0, 0.1) is 5.92 Å². The Labute approximate surface area is 92.5 Å². The van der Waals surface area contributed by atoms with Crippen LogP contribution < -0.4 is 21.1 Å². The van der Waals surface area contributed by atoms with Crippen molar-refractivity contribution >= 4 is 6.09 Å². The lowest BCUT2D eigenvalue weighted by molar-refractivity contribution is -0.253. The number of hydrogen-bond acceptors (Lipinski definition) is 4. The van der Waals surface area contributed by atoms with Crippen molar-refractivity contribution in [1.29, 1.82) is 0 Å². The van der Waals surface area contributed by atoms with Crippen LogP contribution in [-0.2, 0) is 0 Å². The van der Waals surface area contributed by atoms with Gasteiger partial charge in [-0.15, -0.1) is 0 Å². The maximum absolute atomic E-state index is 10.7. The SMILES string of the molecule is CC(C)C1(NC(=O)[O-])N=c2ccccc2=N1. The van der Waals surface area contributed by atoms with Crippen molar-refractivity contribution in [3.05, 3.63) is 35.0 Å². The van der Waals surface area contributed by atoms with Gasteiger partial charge in [-0.05, 0) is 12.1 Å². The molecule has 1 aromatic rings. The molecule has 0 atom stereocenters. The molecule has 1 N–H and O–H groups in total. The summed E-state index contributed by atoms with van der Waals surface area (Å²) in [6.07, 6.45) is -1.37. The first-order valence-corrected chi connectivity index (χ1v) is 5.07. The van der Waals surface area contributed by atoms with Crippen LogP contribution in [0.3, 0.4) is 0 Å². The molecular formula is C11H12N3O2-. The van der Waals surface area contributed by atoms with Crippen LogP contribution in [0.4, 0.5) is 4.79 Å². The highest BCUT2D eigenvalue weighted by molar-refractivity contribution is 5.63. The van der Waals surface area contributed by atoms with E-state index in [1.54, 1.807) is 12.1 Å². The van der Waals surface area contributed by atoms with Gasteiger partial charge < -0.3 is 15.2 Å². The maximum atomic E-state index is 10.7. The number of amides is 1. The number of nitrogens with one attached hydrogen (secondary N) is 1. The van der Waals surface area contributed by atoms with Crippen LogP contribution in [0.15, 0.2) is 34.3 Å². The molecule has 5 nitrogen and oxygen atoms in total. The van der Waals surface area contributed by atoms with Gasteiger partial charge in [-0.25, -0.2) is 9.98 Å². The van der Waals surface area contributed by atoms with Gasteiger partial charge in [-0.3, -0.25) is 0 Å². The topological polar surface area (TPSA) is 76.9 Å². The molecule has 0 radical (unpaired) electrons. The molecule has 0 spiro atoms. The van der Waals surface area contributed by atoms with E-state index in [4.69, 9.17) is 0 Å². The lowest BCUT2D eigenvalue weighted by Gasteiger charge is -2.29. The third kappa shape index (κ3) is 1.64. The van der Waals surface area contributed by atoms with Gasteiger partial charge in [0.05, 0.1) is 10.7 Å². The Hall–Kier alpha value is -1.91. The quantitative estimate of drug-likeness (QED) is 0.704. The second-order valence-electron chi connectivity index (χ2n) is 4.01. The summed E-state index contributed by atoms with van der Waals surface area (Å²) < 4.78 is 0. The molecule has 16 heavy (non-hydrogen) atoms. The van der Waals surface area contributed by atoms with E-state index in [1.807, 2.05) is 26.0 Å². The molecule has 0 aliphatic carbocycles. The van der Waals surface area contributed by atoms with Gasteiger partial charge in [0, 0.05) is 5.92 Å². The highest BCUT2D eigenvalue weighted by atomic mass is 16.4. The smallest absolute Gasteiger partial charge is 0.229 e. The van der Waals surface area contributed by atoms with E-state index in [9.17, 15) is 9.90 Å². The van der Waals surface area contributed by atoms with Crippen molar-refractivity contribution in [2.24, 2.45) is 15.9 Å².